The maximum Gasteiger partial charge on any atom is 0.573 e. The Labute approximate surface area is 107 Å². The molecule has 0 spiro atoms. The number of hydrogen-bond acceptors (Lipinski definition) is 4. The molecule has 0 heterocycles. The summed E-state index contributed by atoms with van der Waals surface area (Å²) in [7, 11) is 0. The van der Waals surface area contributed by atoms with Crippen molar-refractivity contribution in [3.05, 3.63) is 23.8 Å². The lowest BCUT2D eigenvalue weighted by atomic mass is 10.1. The van der Waals surface area contributed by atoms with E-state index >= 15 is 0 Å². The van der Waals surface area contributed by atoms with Gasteiger partial charge in [0.2, 0.25) is 0 Å². The monoisotopic (exact) mass is 278 g/mol. The fourth-order valence-corrected chi connectivity index (χ4v) is 1.22. The number of hydrogen-bond donors (Lipinski definition) is 1. The number of alkyl halides is 3. The summed E-state index contributed by atoms with van der Waals surface area (Å²) in [4.78, 5) is 11.7. The van der Waals surface area contributed by atoms with Gasteiger partial charge in [0.15, 0.2) is 0 Å². The van der Waals surface area contributed by atoms with E-state index in [4.69, 9.17) is 9.84 Å². The minimum absolute atomic E-state index is 0.412. The first kappa shape index (κ1) is 15.1. The van der Waals surface area contributed by atoms with Crippen LogP contribution in [-0.4, -0.2) is 23.0 Å². The summed E-state index contributed by atoms with van der Waals surface area (Å²) in [5, 5.41) is 9.15. The maximum absolute atomic E-state index is 12.2. The van der Waals surface area contributed by atoms with Crippen molar-refractivity contribution in [3.8, 4) is 11.5 Å². The molecule has 1 aromatic rings. The van der Waals surface area contributed by atoms with E-state index in [0.29, 0.717) is 6.07 Å². The molecule has 4 nitrogen and oxygen atoms in total. The molecule has 0 fully saturated rings. The highest BCUT2D eigenvalue weighted by Gasteiger charge is 2.34. The van der Waals surface area contributed by atoms with Crippen molar-refractivity contribution in [2.24, 2.45) is 0 Å². The second kappa shape index (κ2) is 4.99. The zero-order valence-corrected chi connectivity index (χ0v) is 10.5. The van der Waals surface area contributed by atoms with Gasteiger partial charge in [-0.05, 0) is 32.9 Å². The molecule has 0 unspecified atom stereocenters. The van der Waals surface area contributed by atoms with Crippen molar-refractivity contribution in [2.75, 3.05) is 0 Å². The Morgan fingerprint density at radius 3 is 2.26 bits per heavy atom. The minimum Gasteiger partial charge on any atom is -0.508 e. The number of phenolic OH excluding ortho intramolecular Hbond substituents is 1. The highest BCUT2D eigenvalue weighted by Crippen LogP contribution is 2.30. The Balaban J connectivity index is 3.10. The van der Waals surface area contributed by atoms with Crippen LogP contribution in [0.1, 0.15) is 31.1 Å². The van der Waals surface area contributed by atoms with Crippen LogP contribution in [0, 0.1) is 0 Å². The van der Waals surface area contributed by atoms with Crippen molar-refractivity contribution in [1.82, 2.24) is 0 Å². The van der Waals surface area contributed by atoms with E-state index in [2.05, 4.69) is 4.74 Å². The van der Waals surface area contributed by atoms with Gasteiger partial charge >= 0.3 is 12.3 Å². The van der Waals surface area contributed by atoms with Crippen LogP contribution in [0.4, 0.5) is 13.2 Å². The zero-order chi connectivity index (χ0) is 14.8. The Kier molecular flexibility index (Phi) is 3.97. The van der Waals surface area contributed by atoms with Gasteiger partial charge in [0.05, 0.1) is 0 Å². The van der Waals surface area contributed by atoms with Crippen LogP contribution in [0.3, 0.4) is 0 Å². The van der Waals surface area contributed by atoms with Crippen LogP contribution in [0.5, 0.6) is 11.5 Å². The summed E-state index contributed by atoms with van der Waals surface area (Å²) in [6.45, 7) is 4.74. The van der Waals surface area contributed by atoms with Gasteiger partial charge in [0, 0.05) is 6.07 Å². The largest absolute Gasteiger partial charge is 0.573 e. The number of benzene rings is 1. The third kappa shape index (κ3) is 5.07. The molecule has 7 heteroatoms. The molecule has 1 N–H and O–H groups in total. The lowest BCUT2D eigenvalue weighted by Crippen LogP contribution is -2.25. The number of rotatable bonds is 2. The quantitative estimate of drug-likeness (QED) is 0.844. The summed E-state index contributed by atoms with van der Waals surface area (Å²) < 4.78 is 45.2. The SMILES string of the molecule is CC(C)(C)OC(=O)c1ccc(O)cc1OC(F)(F)F. The first-order chi connectivity index (χ1) is 8.48. The van der Waals surface area contributed by atoms with Crippen molar-refractivity contribution in [3.63, 3.8) is 0 Å². The second-order valence-electron chi connectivity index (χ2n) is 4.73. The van der Waals surface area contributed by atoms with Crippen LogP contribution in [0.25, 0.3) is 0 Å². The first-order valence-electron chi connectivity index (χ1n) is 5.30. The molecular weight excluding hydrogens is 265 g/mol. The van der Waals surface area contributed by atoms with Gasteiger partial charge in [-0.2, -0.15) is 0 Å². The Hall–Kier alpha value is -1.92. The zero-order valence-electron chi connectivity index (χ0n) is 10.5. The molecule has 0 saturated heterocycles. The van der Waals surface area contributed by atoms with Crippen LogP contribution in [-0.2, 0) is 4.74 Å². The number of halogens is 3. The topological polar surface area (TPSA) is 55.8 Å². The molecule has 0 amide bonds. The van der Waals surface area contributed by atoms with Crippen LogP contribution in [0.15, 0.2) is 18.2 Å². The van der Waals surface area contributed by atoms with Crippen LogP contribution in [0.2, 0.25) is 0 Å². The molecule has 0 aliphatic carbocycles. The molecular formula is C12H13F3O4. The lowest BCUT2D eigenvalue weighted by Gasteiger charge is -2.20. The molecule has 0 radical (unpaired) electrons. The lowest BCUT2D eigenvalue weighted by molar-refractivity contribution is -0.274. The fraction of sp³-hybridized carbons (Fsp3) is 0.417. The van der Waals surface area contributed by atoms with Crippen molar-refractivity contribution in [1.29, 1.82) is 0 Å². The van der Waals surface area contributed by atoms with Gasteiger partial charge in [0.25, 0.3) is 0 Å². The van der Waals surface area contributed by atoms with E-state index in [0.717, 1.165) is 12.1 Å². The number of esters is 1. The van der Waals surface area contributed by atoms with E-state index in [9.17, 15) is 18.0 Å². The van der Waals surface area contributed by atoms with E-state index in [1.54, 1.807) is 20.8 Å². The molecule has 0 bridgehead atoms. The number of ether oxygens (including phenoxy) is 2. The van der Waals surface area contributed by atoms with Crippen molar-refractivity contribution < 1.29 is 32.5 Å². The highest BCUT2D eigenvalue weighted by molar-refractivity contribution is 5.93. The summed E-state index contributed by atoms with van der Waals surface area (Å²) in [6, 6.07) is 2.78. The van der Waals surface area contributed by atoms with Gasteiger partial charge in [-0.3, -0.25) is 0 Å². The van der Waals surface area contributed by atoms with E-state index < -0.39 is 35.0 Å². The number of carbonyl (C=O) groups excluding carboxylic acids is 1. The smallest absolute Gasteiger partial charge is 0.508 e. The predicted octanol–water partition coefficient (Wildman–Crippen LogP) is 3.25. The molecule has 19 heavy (non-hydrogen) atoms. The second-order valence-corrected chi connectivity index (χ2v) is 4.73. The average molecular weight is 278 g/mol. The molecule has 0 aromatic heterocycles. The summed E-state index contributed by atoms with van der Waals surface area (Å²) in [5.41, 5.74) is -1.27. The molecule has 0 atom stereocenters. The molecule has 1 rings (SSSR count). The Morgan fingerprint density at radius 2 is 1.79 bits per heavy atom. The summed E-state index contributed by atoms with van der Waals surface area (Å²) in [5.74, 6) is -2.22. The van der Waals surface area contributed by atoms with Gasteiger partial charge in [-0.15, -0.1) is 13.2 Å². The van der Waals surface area contributed by atoms with Gasteiger partial charge in [-0.1, -0.05) is 0 Å². The third-order valence-corrected chi connectivity index (χ3v) is 1.81. The van der Waals surface area contributed by atoms with Gasteiger partial charge < -0.3 is 14.6 Å². The predicted molar refractivity (Wildman–Crippen MR) is 60.0 cm³/mol. The van der Waals surface area contributed by atoms with E-state index in [1.165, 1.54) is 0 Å². The molecule has 0 aliphatic heterocycles. The molecule has 106 valence electrons. The average Bonchev–Trinajstić information content (AvgIpc) is 2.11. The number of phenols is 1. The number of aromatic hydroxyl groups is 1. The fourth-order valence-electron chi connectivity index (χ4n) is 1.22. The maximum atomic E-state index is 12.2. The van der Waals surface area contributed by atoms with Crippen LogP contribution < -0.4 is 4.74 Å². The first-order valence-corrected chi connectivity index (χ1v) is 5.30. The Bertz CT molecular complexity index is 475. The third-order valence-electron chi connectivity index (χ3n) is 1.81. The minimum atomic E-state index is -4.97. The summed E-state index contributed by atoms with van der Waals surface area (Å²) in [6.07, 6.45) is -4.97. The summed E-state index contributed by atoms with van der Waals surface area (Å²) >= 11 is 0. The van der Waals surface area contributed by atoms with E-state index in [-0.39, 0.29) is 0 Å². The highest BCUT2D eigenvalue weighted by atomic mass is 19.4. The Morgan fingerprint density at radius 1 is 1.21 bits per heavy atom. The molecule has 1 aromatic carbocycles. The molecule has 0 aliphatic rings. The van der Waals surface area contributed by atoms with Crippen LogP contribution >= 0.6 is 0 Å². The molecule has 0 saturated carbocycles. The van der Waals surface area contributed by atoms with Gasteiger partial charge in [-0.25, -0.2) is 4.79 Å². The van der Waals surface area contributed by atoms with Crippen molar-refractivity contribution in [2.45, 2.75) is 32.7 Å². The normalized spacial score (nSPS) is 12.1. The van der Waals surface area contributed by atoms with Crippen molar-refractivity contribution >= 4 is 5.97 Å². The van der Waals surface area contributed by atoms with Gasteiger partial charge in [0.1, 0.15) is 22.7 Å². The standard InChI is InChI=1S/C12H13F3O4/c1-11(2,3)19-10(17)8-5-4-7(16)6-9(8)18-12(13,14)15/h4-6,16H,1-3H3. The van der Waals surface area contributed by atoms with E-state index in [1.807, 2.05) is 0 Å². The number of carbonyl (C=O) groups is 1.